The van der Waals surface area contributed by atoms with E-state index >= 15 is 0 Å². The maximum atomic E-state index is 5.89. The van der Waals surface area contributed by atoms with Gasteiger partial charge >= 0.3 is 0 Å². The van der Waals surface area contributed by atoms with E-state index in [0.29, 0.717) is 6.04 Å². The van der Waals surface area contributed by atoms with Crippen molar-refractivity contribution in [3.63, 3.8) is 0 Å². The quantitative estimate of drug-likeness (QED) is 0.707. The van der Waals surface area contributed by atoms with Gasteiger partial charge < -0.3 is 5.73 Å². The van der Waals surface area contributed by atoms with Crippen molar-refractivity contribution >= 4 is 5.69 Å². The van der Waals surface area contributed by atoms with Crippen molar-refractivity contribution in [1.29, 1.82) is 0 Å². The third-order valence-corrected chi connectivity index (χ3v) is 3.77. The molecule has 1 aromatic rings. The molecule has 1 heterocycles. The minimum Gasteiger partial charge on any atom is -0.399 e. The topological polar surface area (TPSA) is 29.3 Å². The third kappa shape index (κ3) is 1.53. The first-order valence-corrected chi connectivity index (χ1v) is 5.84. The number of hydrogen-bond acceptors (Lipinski definition) is 2. The molecule has 1 aliphatic carbocycles. The van der Waals surface area contributed by atoms with Crippen LogP contribution >= 0.6 is 0 Å². The zero-order chi connectivity index (χ0) is 10.4. The molecule has 1 aliphatic heterocycles. The average Bonchev–Trinajstić information content (AvgIpc) is 3.01. The molecule has 1 saturated carbocycles. The van der Waals surface area contributed by atoms with Crippen molar-refractivity contribution in [3.05, 3.63) is 29.3 Å². The molecule has 2 N–H and O–H groups in total. The van der Waals surface area contributed by atoms with Gasteiger partial charge in [0.1, 0.15) is 0 Å². The number of rotatable bonds is 1. The van der Waals surface area contributed by atoms with Gasteiger partial charge in [0.15, 0.2) is 0 Å². The monoisotopic (exact) mass is 202 g/mol. The molecule has 2 nitrogen and oxygen atoms in total. The molecule has 80 valence electrons. The highest BCUT2D eigenvalue weighted by Gasteiger charge is 2.37. The highest BCUT2D eigenvalue weighted by atomic mass is 15.1. The van der Waals surface area contributed by atoms with Crippen LogP contribution in [0.1, 0.15) is 30.0 Å². The minimum absolute atomic E-state index is 0.636. The fourth-order valence-electron chi connectivity index (χ4n) is 2.82. The highest BCUT2D eigenvalue weighted by Crippen LogP contribution is 2.46. The summed E-state index contributed by atoms with van der Waals surface area (Å²) >= 11 is 0. The second-order valence-corrected chi connectivity index (χ2v) is 4.97. The Bertz CT molecular complexity index is 382. The van der Waals surface area contributed by atoms with Crippen LogP contribution in [0.4, 0.5) is 5.69 Å². The Morgan fingerprint density at radius 1 is 1.33 bits per heavy atom. The van der Waals surface area contributed by atoms with Crippen molar-refractivity contribution in [1.82, 2.24) is 4.90 Å². The van der Waals surface area contributed by atoms with Gasteiger partial charge in [-0.1, -0.05) is 6.07 Å². The maximum absolute atomic E-state index is 5.89. The average molecular weight is 202 g/mol. The molecule has 3 rings (SSSR count). The van der Waals surface area contributed by atoms with E-state index in [9.17, 15) is 0 Å². The van der Waals surface area contributed by atoms with Crippen molar-refractivity contribution in [2.45, 2.75) is 25.3 Å². The summed E-state index contributed by atoms with van der Waals surface area (Å²) < 4.78 is 0. The second kappa shape index (κ2) is 3.24. The summed E-state index contributed by atoms with van der Waals surface area (Å²) in [6.07, 6.45) is 3.96. The molecular weight excluding hydrogens is 184 g/mol. The van der Waals surface area contributed by atoms with Crippen LogP contribution in [0, 0.1) is 5.92 Å². The number of fused-ring (bicyclic) bond motifs is 1. The summed E-state index contributed by atoms with van der Waals surface area (Å²) in [5.41, 5.74) is 9.81. The van der Waals surface area contributed by atoms with Gasteiger partial charge in [-0.2, -0.15) is 0 Å². The van der Waals surface area contributed by atoms with E-state index in [1.54, 1.807) is 0 Å². The minimum atomic E-state index is 0.636. The molecule has 0 saturated heterocycles. The van der Waals surface area contributed by atoms with E-state index in [0.717, 1.165) is 11.6 Å². The first kappa shape index (κ1) is 9.22. The molecule has 1 aromatic carbocycles. The van der Waals surface area contributed by atoms with E-state index in [1.165, 1.54) is 36.9 Å². The molecule has 0 bridgehead atoms. The number of likely N-dealkylation sites (N-methyl/N-ethyl adjacent to an activating group) is 1. The number of anilines is 1. The first-order valence-electron chi connectivity index (χ1n) is 5.84. The SMILES string of the molecule is CN1CCc2ccc(N)cc2C1C1CC1. The summed E-state index contributed by atoms with van der Waals surface area (Å²) in [7, 11) is 2.25. The first-order chi connectivity index (χ1) is 7.25. The fourth-order valence-corrected chi connectivity index (χ4v) is 2.82. The lowest BCUT2D eigenvalue weighted by atomic mass is 9.90. The summed E-state index contributed by atoms with van der Waals surface area (Å²) in [5.74, 6) is 0.885. The number of hydrogen-bond donors (Lipinski definition) is 1. The zero-order valence-electron chi connectivity index (χ0n) is 9.24. The van der Waals surface area contributed by atoms with Gasteiger partial charge in [-0.25, -0.2) is 0 Å². The standard InChI is InChI=1S/C13H18N2/c1-15-7-6-9-4-5-11(14)8-12(9)13(15)10-2-3-10/h4-5,8,10,13H,2-3,6-7,14H2,1H3. The summed E-state index contributed by atoms with van der Waals surface area (Å²) in [6.45, 7) is 1.19. The van der Waals surface area contributed by atoms with Crippen LogP contribution < -0.4 is 5.73 Å². The highest BCUT2D eigenvalue weighted by molar-refractivity contribution is 5.47. The molecule has 0 amide bonds. The number of nitrogens with two attached hydrogens (primary N) is 1. The zero-order valence-corrected chi connectivity index (χ0v) is 9.24. The molecular formula is C13H18N2. The van der Waals surface area contributed by atoms with Gasteiger partial charge in [-0.3, -0.25) is 4.90 Å². The summed E-state index contributed by atoms with van der Waals surface area (Å²) in [6, 6.07) is 7.08. The third-order valence-electron chi connectivity index (χ3n) is 3.77. The lowest BCUT2D eigenvalue weighted by molar-refractivity contribution is 0.207. The number of benzene rings is 1. The maximum Gasteiger partial charge on any atom is 0.0376 e. The largest absolute Gasteiger partial charge is 0.399 e. The summed E-state index contributed by atoms with van der Waals surface area (Å²) in [4.78, 5) is 2.50. The van der Waals surface area contributed by atoms with Crippen molar-refractivity contribution in [2.75, 3.05) is 19.3 Å². The lowest BCUT2D eigenvalue weighted by Gasteiger charge is -2.35. The van der Waals surface area contributed by atoms with Crippen LogP contribution in [0.5, 0.6) is 0 Å². The molecule has 1 fully saturated rings. The Morgan fingerprint density at radius 3 is 2.87 bits per heavy atom. The Kier molecular flexibility index (Phi) is 1.99. The van der Waals surface area contributed by atoms with E-state index < -0.39 is 0 Å². The van der Waals surface area contributed by atoms with Gasteiger partial charge in [0.2, 0.25) is 0 Å². The Balaban J connectivity index is 2.05. The van der Waals surface area contributed by atoms with Gasteiger partial charge in [0, 0.05) is 18.3 Å². The van der Waals surface area contributed by atoms with E-state index in [1.807, 2.05) is 6.07 Å². The number of nitrogens with zero attached hydrogens (tertiary/aromatic N) is 1. The van der Waals surface area contributed by atoms with Gasteiger partial charge in [-0.05, 0) is 55.5 Å². The van der Waals surface area contributed by atoms with E-state index in [-0.39, 0.29) is 0 Å². The normalized spacial score (nSPS) is 26.3. The second-order valence-electron chi connectivity index (χ2n) is 4.97. The van der Waals surface area contributed by atoms with E-state index in [4.69, 9.17) is 5.73 Å². The molecule has 0 aromatic heterocycles. The lowest BCUT2D eigenvalue weighted by Crippen LogP contribution is -2.33. The van der Waals surface area contributed by atoms with Crippen LogP contribution in [-0.2, 0) is 6.42 Å². The molecule has 0 radical (unpaired) electrons. The van der Waals surface area contributed by atoms with Crippen LogP contribution in [0.25, 0.3) is 0 Å². The molecule has 0 spiro atoms. The smallest absolute Gasteiger partial charge is 0.0376 e. The molecule has 1 atom stereocenters. The molecule has 2 heteroatoms. The summed E-state index contributed by atoms with van der Waals surface area (Å²) in [5, 5.41) is 0. The van der Waals surface area contributed by atoms with Crippen LogP contribution in [0.2, 0.25) is 0 Å². The van der Waals surface area contributed by atoms with Gasteiger partial charge in [0.25, 0.3) is 0 Å². The van der Waals surface area contributed by atoms with Crippen molar-refractivity contribution in [2.24, 2.45) is 5.92 Å². The van der Waals surface area contributed by atoms with Crippen molar-refractivity contribution < 1.29 is 0 Å². The predicted octanol–water partition coefficient (Wildman–Crippen LogP) is 2.21. The molecule has 2 aliphatic rings. The molecule has 1 unspecified atom stereocenters. The van der Waals surface area contributed by atoms with Gasteiger partial charge in [-0.15, -0.1) is 0 Å². The predicted molar refractivity (Wildman–Crippen MR) is 62.7 cm³/mol. The van der Waals surface area contributed by atoms with Crippen LogP contribution in [-0.4, -0.2) is 18.5 Å². The van der Waals surface area contributed by atoms with Gasteiger partial charge in [0.05, 0.1) is 0 Å². The molecule has 15 heavy (non-hydrogen) atoms. The van der Waals surface area contributed by atoms with Crippen molar-refractivity contribution in [3.8, 4) is 0 Å². The van der Waals surface area contributed by atoms with Crippen LogP contribution in [0.15, 0.2) is 18.2 Å². The van der Waals surface area contributed by atoms with Crippen LogP contribution in [0.3, 0.4) is 0 Å². The number of nitrogen functional groups attached to an aromatic ring is 1. The Morgan fingerprint density at radius 2 is 2.13 bits per heavy atom. The fraction of sp³-hybridized carbons (Fsp3) is 0.538. The Hall–Kier alpha value is -1.02. The van der Waals surface area contributed by atoms with E-state index in [2.05, 4.69) is 24.1 Å². The Labute approximate surface area is 91.1 Å².